The molecule has 2 fully saturated rings. The van der Waals surface area contributed by atoms with E-state index in [-0.39, 0.29) is 0 Å². The maximum Gasteiger partial charge on any atom is 0.0217 e. The fourth-order valence-corrected chi connectivity index (χ4v) is 3.54. The third kappa shape index (κ3) is 3.69. The zero-order chi connectivity index (χ0) is 12.5. The summed E-state index contributed by atoms with van der Waals surface area (Å²) < 4.78 is 0. The molecule has 1 aliphatic carbocycles. The predicted molar refractivity (Wildman–Crippen MR) is 74.3 cm³/mol. The van der Waals surface area contributed by atoms with E-state index in [4.69, 9.17) is 0 Å². The highest BCUT2D eigenvalue weighted by atomic mass is 15.2. The van der Waals surface area contributed by atoms with Crippen LogP contribution in [0.2, 0.25) is 0 Å². The Hall–Kier alpha value is -0.0800. The van der Waals surface area contributed by atoms with Gasteiger partial charge in [-0.3, -0.25) is 0 Å². The molecule has 0 aromatic heterocycles. The van der Waals surface area contributed by atoms with Gasteiger partial charge in [0.1, 0.15) is 0 Å². The maximum atomic E-state index is 2.74. The van der Waals surface area contributed by atoms with E-state index in [0.29, 0.717) is 5.41 Å². The lowest BCUT2D eigenvalue weighted by Crippen LogP contribution is -2.46. The Labute approximate surface area is 107 Å². The van der Waals surface area contributed by atoms with Gasteiger partial charge in [0.2, 0.25) is 0 Å². The number of nitrogens with zero attached hydrogens (tertiary/aromatic N) is 2. The summed E-state index contributed by atoms with van der Waals surface area (Å²) >= 11 is 0. The molecule has 2 aliphatic rings. The fourth-order valence-electron chi connectivity index (χ4n) is 3.54. The van der Waals surface area contributed by atoms with Gasteiger partial charge in [0.05, 0.1) is 0 Å². The molecule has 1 atom stereocenters. The monoisotopic (exact) mass is 238 g/mol. The van der Waals surface area contributed by atoms with E-state index >= 15 is 0 Å². The van der Waals surface area contributed by atoms with Crippen molar-refractivity contribution in [3.8, 4) is 0 Å². The van der Waals surface area contributed by atoms with E-state index in [1.807, 2.05) is 0 Å². The zero-order valence-corrected chi connectivity index (χ0v) is 12.2. The van der Waals surface area contributed by atoms with Crippen LogP contribution in [0.5, 0.6) is 0 Å². The Kier molecular flexibility index (Phi) is 4.14. The van der Waals surface area contributed by atoms with Gasteiger partial charge in [-0.2, -0.15) is 0 Å². The van der Waals surface area contributed by atoms with Crippen molar-refractivity contribution in [1.29, 1.82) is 0 Å². The van der Waals surface area contributed by atoms with Gasteiger partial charge < -0.3 is 9.80 Å². The van der Waals surface area contributed by atoms with Gasteiger partial charge >= 0.3 is 0 Å². The second-order valence-electron chi connectivity index (χ2n) is 7.09. The number of likely N-dealkylation sites (tertiary alicyclic amines) is 1. The first-order valence-electron chi connectivity index (χ1n) is 7.39. The van der Waals surface area contributed by atoms with Crippen LogP contribution in [0.3, 0.4) is 0 Å². The smallest absolute Gasteiger partial charge is 0.0217 e. The van der Waals surface area contributed by atoms with Crippen LogP contribution in [0, 0.1) is 11.3 Å². The van der Waals surface area contributed by atoms with Gasteiger partial charge in [-0.25, -0.2) is 0 Å². The molecule has 0 amide bonds. The summed E-state index contributed by atoms with van der Waals surface area (Å²) in [7, 11) is 4.46. The summed E-state index contributed by atoms with van der Waals surface area (Å²) in [6, 6.07) is 0.790. The highest BCUT2D eigenvalue weighted by Crippen LogP contribution is 2.51. The van der Waals surface area contributed by atoms with E-state index in [1.165, 1.54) is 51.7 Å². The molecule has 0 aromatic rings. The van der Waals surface area contributed by atoms with Crippen molar-refractivity contribution in [3.05, 3.63) is 0 Å². The van der Waals surface area contributed by atoms with Gasteiger partial charge in [-0.05, 0) is 64.1 Å². The Morgan fingerprint density at radius 2 is 2.00 bits per heavy atom. The van der Waals surface area contributed by atoms with E-state index in [0.717, 1.165) is 12.0 Å². The van der Waals surface area contributed by atoms with Crippen LogP contribution in [-0.2, 0) is 0 Å². The van der Waals surface area contributed by atoms with Crippen molar-refractivity contribution in [3.63, 3.8) is 0 Å². The SMILES string of the molecule is CC(C)CC1(CN2CCC[C@@H](N(C)C)C2)CC1. The molecule has 100 valence electrons. The number of piperidine rings is 1. The normalized spacial score (nSPS) is 28.9. The Morgan fingerprint density at radius 3 is 2.53 bits per heavy atom. The number of hydrogen-bond donors (Lipinski definition) is 0. The summed E-state index contributed by atoms with van der Waals surface area (Å²) in [4.78, 5) is 5.15. The lowest BCUT2D eigenvalue weighted by atomic mass is 9.92. The van der Waals surface area contributed by atoms with Crippen LogP contribution >= 0.6 is 0 Å². The standard InChI is InChI=1S/C15H30N2/c1-13(2)10-15(7-8-15)12-17-9-5-6-14(11-17)16(3)4/h13-14H,5-12H2,1-4H3/t14-/m1/s1. The van der Waals surface area contributed by atoms with Crippen molar-refractivity contribution in [2.24, 2.45) is 11.3 Å². The van der Waals surface area contributed by atoms with E-state index in [2.05, 4.69) is 37.7 Å². The summed E-state index contributed by atoms with van der Waals surface area (Å²) in [5, 5.41) is 0. The zero-order valence-electron chi connectivity index (χ0n) is 12.2. The van der Waals surface area contributed by atoms with Crippen molar-refractivity contribution in [1.82, 2.24) is 9.80 Å². The van der Waals surface area contributed by atoms with Crippen LogP contribution in [0.15, 0.2) is 0 Å². The fraction of sp³-hybridized carbons (Fsp3) is 1.00. The van der Waals surface area contributed by atoms with Crippen LogP contribution in [0.25, 0.3) is 0 Å². The molecule has 1 aliphatic heterocycles. The van der Waals surface area contributed by atoms with Gasteiger partial charge in [-0.1, -0.05) is 13.8 Å². The average Bonchev–Trinajstić information content (AvgIpc) is 2.96. The Balaban J connectivity index is 1.82. The molecule has 1 heterocycles. The molecule has 0 bridgehead atoms. The first kappa shape index (κ1) is 13.4. The van der Waals surface area contributed by atoms with Gasteiger partial charge in [0, 0.05) is 19.1 Å². The molecule has 17 heavy (non-hydrogen) atoms. The Bertz CT molecular complexity index is 243. The number of rotatable bonds is 5. The molecule has 0 unspecified atom stereocenters. The second-order valence-corrected chi connectivity index (χ2v) is 7.09. The molecule has 2 heteroatoms. The van der Waals surface area contributed by atoms with Gasteiger partial charge in [0.15, 0.2) is 0 Å². The van der Waals surface area contributed by atoms with E-state index in [1.54, 1.807) is 0 Å². The minimum absolute atomic E-state index is 0.711. The van der Waals surface area contributed by atoms with Crippen molar-refractivity contribution in [2.45, 2.75) is 52.0 Å². The molecule has 1 saturated carbocycles. The molecule has 2 rings (SSSR count). The average molecular weight is 238 g/mol. The molecular weight excluding hydrogens is 208 g/mol. The maximum absolute atomic E-state index is 2.74. The highest BCUT2D eigenvalue weighted by Gasteiger charge is 2.44. The topological polar surface area (TPSA) is 6.48 Å². The van der Waals surface area contributed by atoms with Crippen molar-refractivity contribution in [2.75, 3.05) is 33.7 Å². The van der Waals surface area contributed by atoms with Crippen molar-refractivity contribution < 1.29 is 0 Å². The number of hydrogen-bond acceptors (Lipinski definition) is 2. The summed E-state index contributed by atoms with van der Waals surface area (Å²) in [5.41, 5.74) is 0.711. The largest absolute Gasteiger partial charge is 0.305 e. The van der Waals surface area contributed by atoms with E-state index < -0.39 is 0 Å². The molecule has 1 saturated heterocycles. The first-order valence-corrected chi connectivity index (χ1v) is 7.39. The van der Waals surface area contributed by atoms with Crippen LogP contribution in [0.1, 0.15) is 46.0 Å². The van der Waals surface area contributed by atoms with Crippen LogP contribution in [0.4, 0.5) is 0 Å². The minimum atomic E-state index is 0.711. The lowest BCUT2D eigenvalue weighted by molar-refractivity contribution is 0.108. The van der Waals surface area contributed by atoms with Gasteiger partial charge in [0.25, 0.3) is 0 Å². The van der Waals surface area contributed by atoms with Gasteiger partial charge in [-0.15, -0.1) is 0 Å². The summed E-state index contributed by atoms with van der Waals surface area (Å²) in [6.45, 7) is 8.75. The minimum Gasteiger partial charge on any atom is -0.305 e. The van der Waals surface area contributed by atoms with Crippen LogP contribution < -0.4 is 0 Å². The summed E-state index contributed by atoms with van der Waals surface area (Å²) in [6.07, 6.45) is 7.18. The first-order chi connectivity index (χ1) is 8.01. The third-order valence-corrected chi connectivity index (χ3v) is 4.57. The Morgan fingerprint density at radius 1 is 1.29 bits per heavy atom. The predicted octanol–water partition coefficient (Wildman–Crippen LogP) is 2.84. The third-order valence-electron chi connectivity index (χ3n) is 4.57. The lowest BCUT2D eigenvalue weighted by Gasteiger charge is -2.38. The molecule has 0 aromatic carbocycles. The quantitative estimate of drug-likeness (QED) is 0.727. The van der Waals surface area contributed by atoms with E-state index in [9.17, 15) is 0 Å². The molecule has 2 nitrogen and oxygen atoms in total. The van der Waals surface area contributed by atoms with Crippen LogP contribution in [-0.4, -0.2) is 49.6 Å². The molecule has 0 spiro atoms. The number of likely N-dealkylation sites (N-methyl/N-ethyl adjacent to an activating group) is 1. The molecule has 0 radical (unpaired) electrons. The highest BCUT2D eigenvalue weighted by molar-refractivity contribution is 4.97. The molecular formula is C15H30N2. The van der Waals surface area contributed by atoms with Crippen molar-refractivity contribution >= 4 is 0 Å². The molecule has 0 N–H and O–H groups in total. The second kappa shape index (κ2) is 5.27. The summed E-state index contributed by atoms with van der Waals surface area (Å²) in [5.74, 6) is 0.868.